The number of pyridine rings is 1. The van der Waals surface area contributed by atoms with Crippen LogP contribution in [-0.4, -0.2) is 45.0 Å². The van der Waals surface area contributed by atoms with Gasteiger partial charge < -0.3 is 14.8 Å². The molecule has 1 saturated heterocycles. The fourth-order valence-electron chi connectivity index (χ4n) is 3.86. The first-order chi connectivity index (χ1) is 13.7. The quantitative estimate of drug-likeness (QED) is 0.666. The number of carbonyl (C=O) groups excluding carboxylic acids is 1. The van der Waals surface area contributed by atoms with Crippen LogP contribution in [0.25, 0.3) is 11.0 Å². The lowest BCUT2D eigenvalue weighted by Gasteiger charge is -2.27. The molecular weight excluding hydrogens is 350 g/mol. The third-order valence-corrected chi connectivity index (χ3v) is 5.43. The topological polar surface area (TPSA) is 63.1 Å². The number of fused-ring (bicyclic) bond motifs is 1. The van der Waals surface area contributed by atoms with Gasteiger partial charge in [0.1, 0.15) is 11.6 Å². The molecule has 146 valence electrons. The molecule has 0 radical (unpaired) electrons. The van der Waals surface area contributed by atoms with Crippen molar-refractivity contribution in [3.05, 3.63) is 54.0 Å². The van der Waals surface area contributed by atoms with Crippen LogP contribution in [0.15, 0.2) is 42.6 Å². The Balaban J connectivity index is 1.37. The third-order valence-electron chi connectivity index (χ3n) is 5.43. The van der Waals surface area contributed by atoms with Crippen LogP contribution in [0, 0.1) is 0 Å². The first kappa shape index (κ1) is 18.5. The number of nitrogens with zero attached hydrogens (tertiary/aromatic N) is 4. The third kappa shape index (κ3) is 3.86. The van der Waals surface area contributed by atoms with Gasteiger partial charge in [0.2, 0.25) is 0 Å². The number of piperidine rings is 1. The van der Waals surface area contributed by atoms with Crippen LogP contribution < -0.4 is 5.32 Å². The Hall–Kier alpha value is -2.89. The summed E-state index contributed by atoms with van der Waals surface area (Å²) in [4.78, 5) is 23.9. The molecule has 1 N–H and O–H groups in total. The Morgan fingerprint density at radius 1 is 1.11 bits per heavy atom. The van der Waals surface area contributed by atoms with Gasteiger partial charge in [-0.15, -0.1) is 0 Å². The van der Waals surface area contributed by atoms with Crippen LogP contribution in [0.4, 0.5) is 5.82 Å². The number of rotatable bonds is 6. The van der Waals surface area contributed by atoms with Gasteiger partial charge in [-0.3, -0.25) is 4.79 Å². The zero-order valence-electron chi connectivity index (χ0n) is 16.4. The largest absolute Gasteiger partial charge is 0.369 e. The molecule has 4 rings (SSSR count). The fourth-order valence-corrected chi connectivity index (χ4v) is 3.86. The lowest BCUT2D eigenvalue weighted by molar-refractivity contribution is 0.0725. The van der Waals surface area contributed by atoms with E-state index in [-0.39, 0.29) is 5.91 Å². The van der Waals surface area contributed by atoms with E-state index in [0.29, 0.717) is 11.4 Å². The molecule has 2 aromatic heterocycles. The summed E-state index contributed by atoms with van der Waals surface area (Å²) in [6, 6.07) is 11.9. The SMILES string of the molecule is Cn1c(CCCNc2ncccc2C(=O)N2CCCCC2)nc2ccccc21. The van der Waals surface area contributed by atoms with E-state index < -0.39 is 0 Å². The molecule has 6 nitrogen and oxygen atoms in total. The van der Waals surface area contributed by atoms with Gasteiger partial charge >= 0.3 is 0 Å². The minimum atomic E-state index is 0.0886. The van der Waals surface area contributed by atoms with Crippen molar-refractivity contribution in [2.24, 2.45) is 7.05 Å². The highest BCUT2D eigenvalue weighted by atomic mass is 16.2. The first-order valence-corrected chi connectivity index (χ1v) is 10.1. The number of aryl methyl sites for hydroxylation is 2. The lowest BCUT2D eigenvalue weighted by atomic mass is 10.1. The number of imidazole rings is 1. The van der Waals surface area contributed by atoms with Crippen molar-refractivity contribution in [3.63, 3.8) is 0 Å². The zero-order chi connectivity index (χ0) is 19.3. The molecule has 0 aliphatic carbocycles. The van der Waals surface area contributed by atoms with Crippen molar-refractivity contribution in [3.8, 4) is 0 Å². The molecule has 0 spiro atoms. The maximum Gasteiger partial charge on any atom is 0.257 e. The Morgan fingerprint density at radius 2 is 1.93 bits per heavy atom. The van der Waals surface area contributed by atoms with Gasteiger partial charge in [-0.25, -0.2) is 9.97 Å². The molecule has 0 unspecified atom stereocenters. The van der Waals surface area contributed by atoms with Gasteiger partial charge in [0.15, 0.2) is 0 Å². The molecule has 0 saturated carbocycles. The molecule has 1 aliphatic rings. The molecular formula is C22H27N5O. The Labute approximate surface area is 165 Å². The molecule has 6 heteroatoms. The van der Waals surface area contributed by atoms with Gasteiger partial charge in [-0.1, -0.05) is 12.1 Å². The number of benzene rings is 1. The predicted octanol–water partition coefficient (Wildman–Crippen LogP) is 3.64. The monoisotopic (exact) mass is 377 g/mol. The van der Waals surface area contributed by atoms with Crippen molar-refractivity contribution < 1.29 is 4.79 Å². The van der Waals surface area contributed by atoms with Crippen molar-refractivity contribution in [1.29, 1.82) is 0 Å². The van der Waals surface area contributed by atoms with Crippen molar-refractivity contribution in [2.75, 3.05) is 25.0 Å². The lowest BCUT2D eigenvalue weighted by Crippen LogP contribution is -2.36. The van der Waals surface area contributed by atoms with E-state index in [9.17, 15) is 4.79 Å². The maximum absolute atomic E-state index is 12.9. The maximum atomic E-state index is 12.9. The molecule has 28 heavy (non-hydrogen) atoms. The second-order valence-electron chi connectivity index (χ2n) is 7.36. The summed E-state index contributed by atoms with van der Waals surface area (Å²) in [7, 11) is 2.06. The summed E-state index contributed by atoms with van der Waals surface area (Å²) >= 11 is 0. The minimum absolute atomic E-state index is 0.0886. The number of amides is 1. The Bertz CT molecular complexity index is 958. The highest BCUT2D eigenvalue weighted by molar-refractivity contribution is 5.98. The van der Waals surface area contributed by atoms with E-state index in [0.717, 1.165) is 62.2 Å². The summed E-state index contributed by atoms with van der Waals surface area (Å²) in [5.41, 5.74) is 2.86. The van der Waals surface area contributed by atoms with Crippen LogP contribution in [-0.2, 0) is 13.5 Å². The Morgan fingerprint density at radius 3 is 2.75 bits per heavy atom. The molecule has 1 fully saturated rings. The van der Waals surface area contributed by atoms with Gasteiger partial charge in [-0.2, -0.15) is 0 Å². The number of likely N-dealkylation sites (tertiary alicyclic amines) is 1. The molecule has 3 aromatic rings. The predicted molar refractivity (Wildman–Crippen MR) is 112 cm³/mol. The van der Waals surface area contributed by atoms with Gasteiger partial charge in [0.25, 0.3) is 5.91 Å². The second kappa shape index (κ2) is 8.42. The number of hydrogen-bond acceptors (Lipinski definition) is 4. The molecule has 1 aromatic carbocycles. The average molecular weight is 377 g/mol. The van der Waals surface area contributed by atoms with E-state index in [2.05, 4.69) is 28.0 Å². The van der Waals surface area contributed by atoms with Crippen LogP contribution >= 0.6 is 0 Å². The smallest absolute Gasteiger partial charge is 0.257 e. The number of para-hydroxylation sites is 2. The van der Waals surface area contributed by atoms with E-state index in [1.165, 1.54) is 6.42 Å². The van der Waals surface area contributed by atoms with Gasteiger partial charge in [-0.05, 0) is 49.9 Å². The summed E-state index contributed by atoms with van der Waals surface area (Å²) in [5.74, 6) is 1.85. The number of hydrogen-bond donors (Lipinski definition) is 1. The summed E-state index contributed by atoms with van der Waals surface area (Å²) in [5, 5.41) is 3.36. The van der Waals surface area contributed by atoms with Crippen molar-refractivity contribution >= 4 is 22.8 Å². The number of aromatic nitrogens is 3. The Kier molecular flexibility index (Phi) is 5.55. The highest BCUT2D eigenvalue weighted by Gasteiger charge is 2.21. The van der Waals surface area contributed by atoms with E-state index in [1.54, 1.807) is 6.20 Å². The van der Waals surface area contributed by atoms with Crippen LogP contribution in [0.2, 0.25) is 0 Å². The van der Waals surface area contributed by atoms with Crippen molar-refractivity contribution in [2.45, 2.75) is 32.1 Å². The van der Waals surface area contributed by atoms with Crippen LogP contribution in [0.3, 0.4) is 0 Å². The minimum Gasteiger partial charge on any atom is -0.369 e. The van der Waals surface area contributed by atoms with E-state index >= 15 is 0 Å². The van der Waals surface area contributed by atoms with Crippen LogP contribution in [0.1, 0.15) is 41.9 Å². The second-order valence-corrected chi connectivity index (χ2v) is 7.36. The molecule has 3 heterocycles. The summed E-state index contributed by atoms with van der Waals surface area (Å²) in [6.07, 6.45) is 6.93. The fraction of sp³-hybridized carbons (Fsp3) is 0.409. The first-order valence-electron chi connectivity index (χ1n) is 10.1. The zero-order valence-corrected chi connectivity index (χ0v) is 16.4. The molecule has 1 aliphatic heterocycles. The summed E-state index contributed by atoms with van der Waals surface area (Å²) < 4.78 is 2.15. The highest BCUT2D eigenvalue weighted by Crippen LogP contribution is 2.19. The average Bonchev–Trinajstić information content (AvgIpc) is 3.07. The van der Waals surface area contributed by atoms with Gasteiger partial charge in [0, 0.05) is 39.3 Å². The standard InChI is InChI=1S/C22H27N5O/c1-26-19-11-4-3-10-18(19)25-20(26)12-8-14-24-21-17(9-7-13-23-21)22(28)27-15-5-2-6-16-27/h3-4,7,9-11,13H,2,5-6,8,12,14-16H2,1H3,(H,23,24). The molecule has 1 amide bonds. The molecule has 0 bridgehead atoms. The number of anilines is 1. The van der Waals surface area contributed by atoms with E-state index in [1.807, 2.05) is 35.2 Å². The van der Waals surface area contributed by atoms with Crippen LogP contribution in [0.5, 0.6) is 0 Å². The number of nitrogens with one attached hydrogen (secondary N) is 1. The van der Waals surface area contributed by atoms with E-state index in [4.69, 9.17) is 4.98 Å². The molecule has 0 atom stereocenters. The normalized spacial score (nSPS) is 14.4. The number of carbonyl (C=O) groups is 1. The summed E-state index contributed by atoms with van der Waals surface area (Å²) in [6.45, 7) is 2.44. The van der Waals surface area contributed by atoms with Crippen molar-refractivity contribution in [1.82, 2.24) is 19.4 Å². The van der Waals surface area contributed by atoms with Gasteiger partial charge in [0.05, 0.1) is 16.6 Å².